The van der Waals surface area contributed by atoms with Crippen molar-refractivity contribution in [2.24, 2.45) is 11.8 Å². The van der Waals surface area contributed by atoms with E-state index in [9.17, 15) is 14.4 Å². The summed E-state index contributed by atoms with van der Waals surface area (Å²) >= 11 is 0. The number of nitrogens with zero attached hydrogens (tertiary/aromatic N) is 1. The summed E-state index contributed by atoms with van der Waals surface area (Å²) < 4.78 is 10.8. The van der Waals surface area contributed by atoms with Crippen LogP contribution in [0.15, 0.2) is 78.9 Å². The molecule has 1 saturated heterocycles. The number of rotatable bonds is 9. The van der Waals surface area contributed by atoms with E-state index in [1.165, 1.54) is 7.11 Å². The van der Waals surface area contributed by atoms with Crippen LogP contribution in [-0.2, 0) is 19.1 Å². The van der Waals surface area contributed by atoms with Crippen molar-refractivity contribution in [2.75, 3.05) is 13.7 Å². The summed E-state index contributed by atoms with van der Waals surface area (Å²) in [5, 5.41) is 2.90. The van der Waals surface area contributed by atoms with Crippen LogP contribution in [0.25, 0.3) is 11.1 Å². The molecular formula is C33H36N2O5. The molecular weight excluding hydrogens is 504 g/mol. The summed E-state index contributed by atoms with van der Waals surface area (Å²) in [4.78, 5) is 41.0. The zero-order chi connectivity index (χ0) is 28.4. The van der Waals surface area contributed by atoms with Crippen LogP contribution in [0.5, 0.6) is 0 Å². The summed E-state index contributed by atoms with van der Waals surface area (Å²) in [5.41, 5.74) is 5.50. The van der Waals surface area contributed by atoms with Crippen molar-refractivity contribution in [3.63, 3.8) is 0 Å². The summed E-state index contributed by atoms with van der Waals surface area (Å²) in [7, 11) is 1.34. The third-order valence-corrected chi connectivity index (χ3v) is 8.05. The number of β-lactam (4-membered cyclic amide) rings is 1. The van der Waals surface area contributed by atoms with Gasteiger partial charge in [-0.1, -0.05) is 92.7 Å². The van der Waals surface area contributed by atoms with Crippen LogP contribution in [0.1, 0.15) is 55.8 Å². The second-order valence-electron chi connectivity index (χ2n) is 11.1. The number of hydrogen-bond donors (Lipinski definition) is 1. The molecule has 0 aromatic heterocycles. The molecule has 40 heavy (non-hydrogen) atoms. The van der Waals surface area contributed by atoms with Gasteiger partial charge in [-0.15, -0.1) is 0 Å². The van der Waals surface area contributed by atoms with E-state index in [1.807, 2.05) is 75.4 Å². The fraction of sp³-hybridized carbons (Fsp3) is 0.364. The molecule has 2 aliphatic rings. The molecule has 5 rings (SSSR count). The van der Waals surface area contributed by atoms with Gasteiger partial charge in [0.15, 0.2) is 0 Å². The first kappa shape index (κ1) is 27.4. The first-order valence-electron chi connectivity index (χ1n) is 13.9. The van der Waals surface area contributed by atoms with Gasteiger partial charge in [0.1, 0.15) is 12.6 Å². The second kappa shape index (κ2) is 11.5. The van der Waals surface area contributed by atoms with E-state index in [2.05, 4.69) is 29.6 Å². The smallest absolute Gasteiger partial charge is 0.407 e. The van der Waals surface area contributed by atoms with Gasteiger partial charge < -0.3 is 19.7 Å². The topological polar surface area (TPSA) is 84.9 Å². The zero-order valence-electron chi connectivity index (χ0n) is 23.4. The number of amides is 2. The van der Waals surface area contributed by atoms with Crippen molar-refractivity contribution < 1.29 is 23.9 Å². The van der Waals surface area contributed by atoms with Crippen molar-refractivity contribution in [3.05, 3.63) is 95.6 Å². The van der Waals surface area contributed by atoms with Crippen LogP contribution in [0, 0.1) is 11.8 Å². The summed E-state index contributed by atoms with van der Waals surface area (Å²) in [6, 6.07) is 24.4. The Morgan fingerprint density at radius 1 is 0.875 bits per heavy atom. The van der Waals surface area contributed by atoms with Crippen molar-refractivity contribution in [1.29, 1.82) is 0 Å². The quantitative estimate of drug-likeness (QED) is 0.278. The highest BCUT2D eigenvalue weighted by Crippen LogP contribution is 2.46. The number of carbonyl (C=O) groups is 3. The Morgan fingerprint density at radius 3 is 2.02 bits per heavy atom. The van der Waals surface area contributed by atoms with Gasteiger partial charge in [-0.05, 0) is 47.1 Å². The van der Waals surface area contributed by atoms with Crippen molar-refractivity contribution in [1.82, 2.24) is 10.2 Å². The molecule has 0 spiro atoms. The minimum atomic E-state index is -0.694. The summed E-state index contributed by atoms with van der Waals surface area (Å²) in [6.45, 7) is 6.03. The normalized spacial score (nSPS) is 19.3. The van der Waals surface area contributed by atoms with Crippen LogP contribution in [0.3, 0.4) is 0 Å². The molecule has 7 heteroatoms. The maximum atomic E-state index is 13.6. The lowest BCUT2D eigenvalue weighted by molar-refractivity contribution is -0.174. The SMILES string of the molecule is COC(=O)[C@H](CC(C)C)N1C(=O)[C@H]([C@H](C)NC(=O)OCC2c3ccccc3-c3ccccc32)[C@H]1c1ccccc1. The molecule has 1 aliphatic heterocycles. The Kier molecular flexibility index (Phi) is 7.92. The number of fused-ring (bicyclic) bond motifs is 3. The molecule has 0 saturated carbocycles. The van der Waals surface area contributed by atoms with E-state index in [4.69, 9.17) is 9.47 Å². The Bertz CT molecular complexity index is 1340. The van der Waals surface area contributed by atoms with E-state index in [-0.39, 0.29) is 30.4 Å². The zero-order valence-corrected chi connectivity index (χ0v) is 23.4. The van der Waals surface area contributed by atoms with Crippen LogP contribution >= 0.6 is 0 Å². The average molecular weight is 541 g/mol. The number of ether oxygens (including phenoxy) is 2. The Labute approximate surface area is 235 Å². The first-order valence-corrected chi connectivity index (χ1v) is 13.9. The molecule has 0 bridgehead atoms. The lowest BCUT2D eigenvalue weighted by atomic mass is 9.76. The van der Waals surface area contributed by atoms with Gasteiger partial charge in [0, 0.05) is 12.0 Å². The molecule has 1 N–H and O–H groups in total. The molecule has 2 amide bonds. The minimum absolute atomic E-state index is 0.0526. The van der Waals surface area contributed by atoms with Gasteiger partial charge in [-0.25, -0.2) is 9.59 Å². The Morgan fingerprint density at radius 2 is 1.45 bits per heavy atom. The Hall–Kier alpha value is -4.13. The largest absolute Gasteiger partial charge is 0.467 e. The first-order chi connectivity index (χ1) is 19.3. The van der Waals surface area contributed by atoms with Gasteiger partial charge in [0.2, 0.25) is 5.91 Å². The van der Waals surface area contributed by atoms with Crippen LogP contribution in [-0.4, -0.2) is 48.7 Å². The number of esters is 1. The third-order valence-electron chi connectivity index (χ3n) is 8.05. The highest BCUT2D eigenvalue weighted by molar-refractivity contribution is 5.92. The van der Waals surface area contributed by atoms with Gasteiger partial charge in [-0.2, -0.15) is 0 Å². The number of hydrogen-bond acceptors (Lipinski definition) is 5. The van der Waals surface area contributed by atoms with Gasteiger partial charge >= 0.3 is 12.1 Å². The molecule has 208 valence electrons. The standard InChI is InChI=1S/C33H36N2O5/c1-20(2)18-28(32(37)39-4)35-30(22-12-6-5-7-13-22)29(31(35)36)21(3)34-33(38)40-19-27-25-16-10-8-14-23(25)24-15-9-11-17-26(24)27/h5-17,20-21,27-30H,18-19H2,1-4H3,(H,34,38)/t21-,28-,29+,30+/m0/s1. The number of nitrogens with one attached hydrogen (secondary N) is 1. The highest BCUT2D eigenvalue weighted by Gasteiger charge is 2.55. The maximum Gasteiger partial charge on any atom is 0.407 e. The number of carbonyl (C=O) groups excluding carboxylic acids is 3. The maximum absolute atomic E-state index is 13.6. The van der Waals surface area contributed by atoms with Gasteiger partial charge in [0.05, 0.1) is 19.1 Å². The van der Waals surface area contributed by atoms with Gasteiger partial charge in [-0.3, -0.25) is 4.79 Å². The molecule has 3 aromatic carbocycles. The summed E-state index contributed by atoms with van der Waals surface area (Å²) in [5.74, 6) is -1.02. The molecule has 0 radical (unpaired) electrons. The van der Waals surface area contributed by atoms with Crippen molar-refractivity contribution in [3.8, 4) is 11.1 Å². The predicted octanol–water partition coefficient (Wildman–Crippen LogP) is 5.70. The number of benzene rings is 3. The lowest BCUT2D eigenvalue weighted by Crippen LogP contribution is -2.66. The number of likely N-dealkylation sites (tertiary alicyclic amines) is 1. The lowest BCUT2D eigenvalue weighted by Gasteiger charge is -2.52. The Balaban J connectivity index is 1.30. The molecule has 4 atom stereocenters. The summed E-state index contributed by atoms with van der Waals surface area (Å²) in [6.07, 6.45) is -0.0815. The monoisotopic (exact) mass is 540 g/mol. The van der Waals surface area contributed by atoms with Crippen molar-refractivity contribution in [2.45, 2.75) is 51.2 Å². The van der Waals surface area contributed by atoms with Crippen LogP contribution in [0.2, 0.25) is 0 Å². The molecule has 1 heterocycles. The van der Waals surface area contributed by atoms with E-state index in [1.54, 1.807) is 4.90 Å². The molecule has 7 nitrogen and oxygen atoms in total. The molecule has 0 unspecified atom stereocenters. The average Bonchev–Trinajstić information content (AvgIpc) is 3.27. The third kappa shape index (κ3) is 5.08. The fourth-order valence-electron chi connectivity index (χ4n) is 6.21. The molecule has 1 fully saturated rings. The van der Waals surface area contributed by atoms with Crippen LogP contribution in [0.4, 0.5) is 4.79 Å². The van der Waals surface area contributed by atoms with E-state index >= 15 is 0 Å². The highest BCUT2D eigenvalue weighted by atomic mass is 16.5. The second-order valence-corrected chi connectivity index (χ2v) is 11.1. The minimum Gasteiger partial charge on any atom is -0.467 e. The van der Waals surface area contributed by atoms with E-state index in [0.29, 0.717) is 6.42 Å². The fourth-order valence-corrected chi connectivity index (χ4v) is 6.21. The van der Waals surface area contributed by atoms with Crippen LogP contribution < -0.4 is 5.32 Å². The number of methoxy groups -OCH3 is 1. The van der Waals surface area contributed by atoms with Crippen molar-refractivity contribution >= 4 is 18.0 Å². The molecule has 1 aliphatic carbocycles. The predicted molar refractivity (Wildman–Crippen MR) is 152 cm³/mol. The van der Waals surface area contributed by atoms with E-state index < -0.39 is 30.1 Å². The van der Waals surface area contributed by atoms with Gasteiger partial charge in [0.25, 0.3) is 0 Å². The number of alkyl carbamates (subject to hydrolysis) is 1. The van der Waals surface area contributed by atoms with E-state index in [0.717, 1.165) is 27.8 Å². The molecule has 3 aromatic rings.